The zero-order valence-corrected chi connectivity index (χ0v) is 28.3. The van der Waals surface area contributed by atoms with Gasteiger partial charge in [-0.3, -0.25) is 30.0 Å². The van der Waals surface area contributed by atoms with Crippen molar-refractivity contribution in [1.29, 1.82) is 0 Å². The van der Waals surface area contributed by atoms with E-state index in [-0.39, 0.29) is 24.2 Å². The number of piperazine rings is 2. The van der Waals surface area contributed by atoms with Gasteiger partial charge in [0.2, 0.25) is 0 Å². The number of nitro benzene ring substituents is 2. The lowest BCUT2D eigenvalue weighted by molar-refractivity contribution is -0.386. The molecule has 2 heterocycles. The second kappa shape index (κ2) is 15.4. The summed E-state index contributed by atoms with van der Waals surface area (Å²) in [6.45, 7) is 3.27. The molecule has 16 heteroatoms. The van der Waals surface area contributed by atoms with Crippen molar-refractivity contribution in [3.63, 3.8) is 0 Å². The van der Waals surface area contributed by atoms with Gasteiger partial charge < -0.3 is 9.80 Å². The van der Waals surface area contributed by atoms with E-state index in [4.69, 9.17) is 0 Å². The SMILES string of the molecule is O=[N+]([O-])c1cc(C(F)(F)F)ccc1C1CN(c2ccccc2)CCN1CCCN1CCN(c2ccccc2)CC1c1ccc(C(F)(F)F)cc1[N+](=O)[O-]. The maximum atomic E-state index is 13.6. The Kier molecular flexibility index (Phi) is 10.9. The number of benzene rings is 4. The maximum Gasteiger partial charge on any atom is 0.416 e. The highest BCUT2D eigenvalue weighted by Crippen LogP contribution is 2.40. The van der Waals surface area contributed by atoms with Crippen molar-refractivity contribution in [2.75, 3.05) is 62.2 Å². The molecule has 6 rings (SSSR count). The number of hydrogen-bond acceptors (Lipinski definition) is 8. The molecule has 0 N–H and O–H groups in total. The third kappa shape index (κ3) is 8.54. The fourth-order valence-corrected chi connectivity index (χ4v) is 7.31. The van der Waals surface area contributed by atoms with Crippen LogP contribution in [0.15, 0.2) is 97.1 Å². The van der Waals surface area contributed by atoms with E-state index in [0.717, 1.165) is 23.5 Å². The second-order valence-electron chi connectivity index (χ2n) is 13.1. The summed E-state index contributed by atoms with van der Waals surface area (Å²) in [5.74, 6) is 0. The molecule has 4 aromatic carbocycles. The van der Waals surface area contributed by atoms with Gasteiger partial charge in [-0.25, -0.2) is 0 Å². The molecule has 0 aliphatic carbocycles. The van der Waals surface area contributed by atoms with Crippen molar-refractivity contribution in [1.82, 2.24) is 9.80 Å². The lowest BCUT2D eigenvalue weighted by atomic mass is 9.97. The summed E-state index contributed by atoms with van der Waals surface area (Å²) in [6, 6.07) is 22.6. The third-order valence-electron chi connectivity index (χ3n) is 9.94. The van der Waals surface area contributed by atoms with Crippen LogP contribution in [0.1, 0.15) is 40.8 Å². The first-order valence-electron chi connectivity index (χ1n) is 17.0. The van der Waals surface area contributed by atoms with Crippen LogP contribution in [0.2, 0.25) is 0 Å². The van der Waals surface area contributed by atoms with Crippen LogP contribution in [0.5, 0.6) is 0 Å². The molecular formula is C37H36F6N6O4. The quantitative estimate of drug-likeness (QED) is 0.0909. The van der Waals surface area contributed by atoms with Gasteiger partial charge in [0.25, 0.3) is 11.4 Å². The minimum absolute atomic E-state index is 0.151. The highest BCUT2D eigenvalue weighted by molar-refractivity contribution is 5.52. The van der Waals surface area contributed by atoms with Gasteiger partial charge >= 0.3 is 12.4 Å². The highest BCUT2D eigenvalue weighted by atomic mass is 19.4. The van der Waals surface area contributed by atoms with Gasteiger partial charge in [-0.1, -0.05) is 36.4 Å². The summed E-state index contributed by atoms with van der Waals surface area (Å²) in [5.41, 5.74) is -1.46. The third-order valence-corrected chi connectivity index (χ3v) is 9.94. The molecule has 2 atom stereocenters. The number of anilines is 2. The Labute approximate surface area is 301 Å². The lowest BCUT2D eigenvalue weighted by Gasteiger charge is -2.44. The van der Waals surface area contributed by atoms with Gasteiger partial charge in [-0.05, 0) is 55.0 Å². The van der Waals surface area contributed by atoms with E-state index < -0.39 is 56.8 Å². The van der Waals surface area contributed by atoms with Crippen LogP contribution in [-0.4, -0.2) is 72.0 Å². The first kappa shape index (κ1) is 37.5. The molecule has 2 aliphatic rings. The number of nitro groups is 2. The Bertz CT molecular complexity index is 1780. The Hall–Kier alpha value is -5.22. The first-order chi connectivity index (χ1) is 25.2. The van der Waals surface area contributed by atoms with Crippen molar-refractivity contribution in [3.8, 4) is 0 Å². The van der Waals surface area contributed by atoms with E-state index in [9.17, 15) is 46.6 Å². The van der Waals surface area contributed by atoms with E-state index in [2.05, 4.69) is 0 Å². The monoisotopic (exact) mass is 742 g/mol. The molecule has 0 saturated carbocycles. The number of alkyl halides is 6. The first-order valence-corrected chi connectivity index (χ1v) is 17.0. The summed E-state index contributed by atoms with van der Waals surface area (Å²) in [6.07, 6.45) is -9.07. The van der Waals surface area contributed by atoms with Gasteiger partial charge in [-0.15, -0.1) is 0 Å². The minimum Gasteiger partial charge on any atom is -0.368 e. The predicted octanol–water partition coefficient (Wildman–Crippen LogP) is 8.36. The van der Waals surface area contributed by atoms with E-state index in [1.807, 2.05) is 80.3 Å². The van der Waals surface area contributed by atoms with Crippen molar-refractivity contribution in [2.24, 2.45) is 0 Å². The number of hydrogen-bond donors (Lipinski definition) is 0. The molecule has 53 heavy (non-hydrogen) atoms. The molecule has 2 aliphatic heterocycles. The van der Waals surface area contributed by atoms with Gasteiger partial charge in [0, 0.05) is 87.0 Å². The molecule has 2 saturated heterocycles. The fraction of sp³-hybridized carbons (Fsp3) is 0.351. The minimum atomic E-state index is -4.77. The molecule has 0 radical (unpaired) electrons. The molecule has 4 aromatic rings. The summed E-state index contributed by atoms with van der Waals surface area (Å²) in [4.78, 5) is 30.8. The number of halogens is 6. The van der Waals surface area contributed by atoms with Crippen LogP contribution in [0.3, 0.4) is 0 Å². The lowest BCUT2D eigenvalue weighted by Crippen LogP contribution is -2.51. The number of rotatable bonds is 10. The molecule has 280 valence electrons. The molecular weight excluding hydrogens is 706 g/mol. The van der Waals surface area contributed by atoms with Crippen molar-refractivity contribution in [3.05, 3.63) is 140 Å². The van der Waals surface area contributed by atoms with Crippen molar-refractivity contribution < 1.29 is 36.2 Å². The van der Waals surface area contributed by atoms with Crippen LogP contribution < -0.4 is 9.80 Å². The highest BCUT2D eigenvalue weighted by Gasteiger charge is 2.39. The summed E-state index contributed by atoms with van der Waals surface area (Å²) >= 11 is 0. The van der Waals surface area contributed by atoms with Crippen LogP contribution in [-0.2, 0) is 12.4 Å². The van der Waals surface area contributed by atoms with Crippen molar-refractivity contribution >= 4 is 22.7 Å². The fourth-order valence-electron chi connectivity index (χ4n) is 7.31. The van der Waals surface area contributed by atoms with Crippen LogP contribution in [0.25, 0.3) is 0 Å². The van der Waals surface area contributed by atoms with E-state index in [1.54, 1.807) is 0 Å². The average molecular weight is 743 g/mol. The maximum absolute atomic E-state index is 13.6. The van der Waals surface area contributed by atoms with E-state index >= 15 is 0 Å². The Morgan fingerprint density at radius 2 is 0.943 bits per heavy atom. The average Bonchev–Trinajstić information content (AvgIpc) is 3.14. The largest absolute Gasteiger partial charge is 0.416 e. The van der Waals surface area contributed by atoms with Gasteiger partial charge in [0.15, 0.2) is 0 Å². The molecule has 10 nitrogen and oxygen atoms in total. The number of para-hydroxylation sites is 2. The topological polar surface area (TPSA) is 99.2 Å². The van der Waals surface area contributed by atoms with E-state index in [1.165, 1.54) is 12.1 Å². The van der Waals surface area contributed by atoms with Gasteiger partial charge in [0.1, 0.15) is 0 Å². The van der Waals surface area contributed by atoms with Gasteiger partial charge in [0.05, 0.1) is 33.1 Å². The van der Waals surface area contributed by atoms with E-state index in [0.29, 0.717) is 57.8 Å². The van der Waals surface area contributed by atoms with Crippen molar-refractivity contribution in [2.45, 2.75) is 30.9 Å². The van der Waals surface area contributed by atoms with Gasteiger partial charge in [-0.2, -0.15) is 26.3 Å². The number of nitrogens with zero attached hydrogens (tertiary/aromatic N) is 6. The Morgan fingerprint density at radius 3 is 1.28 bits per heavy atom. The Balaban J connectivity index is 1.27. The molecule has 0 spiro atoms. The molecule has 0 bridgehead atoms. The summed E-state index contributed by atoms with van der Waals surface area (Å²) < 4.78 is 81.5. The zero-order chi connectivity index (χ0) is 37.9. The predicted molar refractivity (Wildman–Crippen MR) is 187 cm³/mol. The smallest absolute Gasteiger partial charge is 0.368 e. The zero-order valence-electron chi connectivity index (χ0n) is 28.3. The molecule has 2 fully saturated rings. The molecule has 2 unspecified atom stereocenters. The second-order valence-corrected chi connectivity index (χ2v) is 13.1. The molecule has 0 amide bonds. The summed E-state index contributed by atoms with van der Waals surface area (Å²) in [5, 5.41) is 24.3. The standard InChI is InChI=1S/C37H36F6N6O4/c38-36(39,40)26-12-14-30(32(22-26)48(50)51)34-24-46(28-8-3-1-4-9-28)20-18-44(34)16-7-17-45-19-21-47(29-10-5-2-6-11-29)25-35(45)31-15-13-27(37(41,42)43)23-33(31)49(52)53/h1-6,8-15,22-23,34-35H,7,16-21,24-25H2. The van der Waals surface area contributed by atoms with Crippen LogP contribution in [0.4, 0.5) is 49.1 Å². The molecule has 0 aromatic heterocycles. The van der Waals surface area contributed by atoms with Crippen LogP contribution >= 0.6 is 0 Å². The van der Waals surface area contributed by atoms with Crippen LogP contribution in [0, 0.1) is 20.2 Å². The normalized spacial score (nSPS) is 19.0. The Morgan fingerprint density at radius 1 is 0.566 bits per heavy atom. The summed E-state index contributed by atoms with van der Waals surface area (Å²) in [7, 11) is 0.